The molecule has 0 radical (unpaired) electrons. The van der Waals surface area contributed by atoms with Gasteiger partial charge >= 0.3 is 0 Å². The molecular formula is C10H17NO. The van der Waals surface area contributed by atoms with Crippen LogP contribution in [0.3, 0.4) is 0 Å². The van der Waals surface area contributed by atoms with Gasteiger partial charge in [-0.15, -0.1) is 0 Å². The van der Waals surface area contributed by atoms with Crippen LogP contribution in [0.25, 0.3) is 0 Å². The highest BCUT2D eigenvalue weighted by Gasteiger charge is 2.59. The summed E-state index contributed by atoms with van der Waals surface area (Å²) in [5.41, 5.74) is 5.75. The standard InChI is InChI=1S/C10H17NO/c11-9-6-2-1-3-10(12)4-7(6)8(9)5-10/h6-9,12H,1-5,11H2. The molecule has 0 heterocycles. The molecule has 2 bridgehead atoms. The van der Waals surface area contributed by atoms with Gasteiger partial charge in [-0.1, -0.05) is 6.42 Å². The second kappa shape index (κ2) is 2.05. The molecule has 0 aromatic rings. The van der Waals surface area contributed by atoms with Crippen LogP contribution in [0.1, 0.15) is 32.1 Å². The van der Waals surface area contributed by atoms with Crippen molar-refractivity contribution in [3.05, 3.63) is 0 Å². The molecule has 0 saturated heterocycles. The van der Waals surface area contributed by atoms with Crippen molar-refractivity contribution < 1.29 is 5.11 Å². The summed E-state index contributed by atoms with van der Waals surface area (Å²) < 4.78 is 0. The second-order valence-corrected chi connectivity index (χ2v) is 5.09. The first-order valence-electron chi connectivity index (χ1n) is 5.18. The van der Waals surface area contributed by atoms with Crippen molar-refractivity contribution in [2.45, 2.75) is 43.7 Å². The zero-order valence-corrected chi connectivity index (χ0v) is 7.37. The zero-order valence-electron chi connectivity index (χ0n) is 7.37. The summed E-state index contributed by atoms with van der Waals surface area (Å²) in [6, 6.07) is 0.421. The fourth-order valence-electron chi connectivity index (χ4n) is 3.89. The largest absolute Gasteiger partial charge is 0.390 e. The average molecular weight is 167 g/mol. The molecule has 3 fully saturated rings. The summed E-state index contributed by atoms with van der Waals surface area (Å²) in [4.78, 5) is 0. The van der Waals surface area contributed by atoms with Crippen LogP contribution in [0, 0.1) is 17.8 Å². The zero-order chi connectivity index (χ0) is 8.34. The first kappa shape index (κ1) is 7.34. The Labute approximate surface area is 73.1 Å². The Morgan fingerprint density at radius 3 is 2.75 bits per heavy atom. The molecule has 3 aliphatic carbocycles. The number of hydrogen-bond donors (Lipinski definition) is 2. The Bertz CT molecular complexity index is 208. The number of hydrogen-bond acceptors (Lipinski definition) is 2. The number of rotatable bonds is 0. The third kappa shape index (κ3) is 0.728. The van der Waals surface area contributed by atoms with E-state index in [1.165, 1.54) is 12.8 Å². The van der Waals surface area contributed by atoms with Gasteiger partial charge in [0.2, 0.25) is 0 Å². The number of fused-ring (bicyclic) bond motifs is 1. The molecule has 0 spiro atoms. The third-order valence-electron chi connectivity index (χ3n) is 4.50. The molecular weight excluding hydrogens is 150 g/mol. The maximum absolute atomic E-state index is 10.2. The van der Waals surface area contributed by atoms with Crippen LogP contribution < -0.4 is 5.73 Å². The predicted octanol–water partition coefficient (Wildman–Crippen LogP) is 0.885. The van der Waals surface area contributed by atoms with E-state index in [1.54, 1.807) is 0 Å². The lowest BCUT2D eigenvalue weighted by Crippen LogP contribution is -2.54. The van der Waals surface area contributed by atoms with E-state index in [4.69, 9.17) is 5.73 Å². The van der Waals surface area contributed by atoms with Gasteiger partial charge in [0.05, 0.1) is 5.60 Å². The van der Waals surface area contributed by atoms with E-state index in [0.717, 1.165) is 31.1 Å². The monoisotopic (exact) mass is 167 g/mol. The quantitative estimate of drug-likeness (QED) is 0.562. The molecule has 5 unspecified atom stereocenters. The lowest BCUT2D eigenvalue weighted by molar-refractivity contribution is 0.0228. The molecule has 0 amide bonds. The van der Waals surface area contributed by atoms with E-state index in [-0.39, 0.29) is 5.60 Å². The van der Waals surface area contributed by atoms with Gasteiger partial charge in [-0.05, 0) is 43.4 Å². The summed E-state index contributed by atoms with van der Waals surface area (Å²) >= 11 is 0. The minimum absolute atomic E-state index is 0.307. The van der Waals surface area contributed by atoms with Crippen molar-refractivity contribution in [2.24, 2.45) is 23.5 Å². The van der Waals surface area contributed by atoms with Crippen LogP contribution >= 0.6 is 0 Å². The van der Waals surface area contributed by atoms with E-state index >= 15 is 0 Å². The minimum Gasteiger partial charge on any atom is -0.390 e. The Kier molecular flexibility index (Phi) is 1.25. The molecule has 3 rings (SSSR count). The van der Waals surface area contributed by atoms with Crippen molar-refractivity contribution in [1.29, 1.82) is 0 Å². The van der Waals surface area contributed by atoms with Crippen molar-refractivity contribution in [3.8, 4) is 0 Å². The molecule has 3 N–H and O–H groups in total. The van der Waals surface area contributed by atoms with Crippen molar-refractivity contribution in [3.63, 3.8) is 0 Å². The van der Waals surface area contributed by atoms with Crippen molar-refractivity contribution in [1.82, 2.24) is 0 Å². The molecule has 12 heavy (non-hydrogen) atoms. The van der Waals surface area contributed by atoms with Gasteiger partial charge in [-0.25, -0.2) is 0 Å². The molecule has 3 saturated carbocycles. The summed E-state index contributed by atoms with van der Waals surface area (Å²) in [6.45, 7) is 0. The van der Waals surface area contributed by atoms with E-state index in [9.17, 15) is 5.11 Å². The highest BCUT2D eigenvalue weighted by atomic mass is 16.3. The highest BCUT2D eigenvalue weighted by molar-refractivity contribution is 5.11. The van der Waals surface area contributed by atoms with Gasteiger partial charge in [-0.3, -0.25) is 0 Å². The van der Waals surface area contributed by atoms with Gasteiger partial charge < -0.3 is 10.8 Å². The molecule has 3 aliphatic rings. The summed E-state index contributed by atoms with van der Waals surface area (Å²) in [5.74, 6) is 2.21. The summed E-state index contributed by atoms with van der Waals surface area (Å²) in [6.07, 6.45) is 5.54. The maximum Gasteiger partial charge on any atom is 0.0654 e. The average Bonchev–Trinajstić information content (AvgIpc) is 2.22. The van der Waals surface area contributed by atoms with Gasteiger partial charge in [-0.2, -0.15) is 0 Å². The van der Waals surface area contributed by atoms with E-state index in [2.05, 4.69) is 0 Å². The van der Waals surface area contributed by atoms with Crippen molar-refractivity contribution >= 4 is 0 Å². The molecule has 2 nitrogen and oxygen atoms in total. The topological polar surface area (TPSA) is 46.2 Å². The van der Waals surface area contributed by atoms with Crippen LogP contribution in [-0.4, -0.2) is 16.7 Å². The molecule has 0 aromatic carbocycles. The van der Waals surface area contributed by atoms with Gasteiger partial charge in [0.1, 0.15) is 0 Å². The van der Waals surface area contributed by atoms with Crippen LogP contribution in [-0.2, 0) is 0 Å². The first-order chi connectivity index (χ1) is 5.70. The molecule has 0 aliphatic heterocycles. The van der Waals surface area contributed by atoms with Gasteiger partial charge in [0.15, 0.2) is 0 Å². The Hall–Kier alpha value is -0.0800. The van der Waals surface area contributed by atoms with Crippen molar-refractivity contribution in [2.75, 3.05) is 0 Å². The summed E-state index contributed by atoms with van der Waals surface area (Å²) in [7, 11) is 0. The predicted molar refractivity (Wildman–Crippen MR) is 46.5 cm³/mol. The SMILES string of the molecule is NC1C2CCCC3(O)CC1C2C3. The Morgan fingerprint density at radius 2 is 1.92 bits per heavy atom. The molecule has 5 atom stereocenters. The lowest BCUT2D eigenvalue weighted by Gasteiger charge is -2.47. The first-order valence-corrected chi connectivity index (χ1v) is 5.18. The molecule has 0 aromatic heterocycles. The normalized spacial score (nSPS) is 62.5. The highest BCUT2D eigenvalue weighted by Crippen LogP contribution is 2.59. The molecule has 2 heteroatoms. The Balaban J connectivity index is 1.92. The minimum atomic E-state index is -0.307. The fraction of sp³-hybridized carbons (Fsp3) is 1.00. The maximum atomic E-state index is 10.2. The number of nitrogens with two attached hydrogens (primary N) is 1. The van der Waals surface area contributed by atoms with E-state index < -0.39 is 0 Å². The van der Waals surface area contributed by atoms with E-state index in [0.29, 0.717) is 12.0 Å². The van der Waals surface area contributed by atoms with Gasteiger partial charge in [0, 0.05) is 6.04 Å². The lowest BCUT2D eigenvalue weighted by atomic mass is 9.61. The third-order valence-corrected chi connectivity index (χ3v) is 4.50. The smallest absolute Gasteiger partial charge is 0.0654 e. The van der Waals surface area contributed by atoms with Gasteiger partial charge in [0.25, 0.3) is 0 Å². The fourth-order valence-corrected chi connectivity index (χ4v) is 3.89. The van der Waals surface area contributed by atoms with Crippen LogP contribution in [0.2, 0.25) is 0 Å². The summed E-state index contributed by atoms with van der Waals surface area (Å²) in [5, 5.41) is 10.2. The number of aliphatic hydroxyl groups is 1. The Morgan fingerprint density at radius 1 is 1.17 bits per heavy atom. The van der Waals surface area contributed by atoms with Crippen LogP contribution in [0.5, 0.6) is 0 Å². The second-order valence-electron chi connectivity index (χ2n) is 5.09. The van der Waals surface area contributed by atoms with E-state index in [1.807, 2.05) is 0 Å². The van der Waals surface area contributed by atoms with Crippen LogP contribution in [0.15, 0.2) is 0 Å². The van der Waals surface area contributed by atoms with Crippen LogP contribution in [0.4, 0.5) is 0 Å². The molecule has 68 valence electrons.